The summed E-state index contributed by atoms with van der Waals surface area (Å²) < 4.78 is 0. The van der Waals surface area contributed by atoms with Crippen molar-refractivity contribution in [3.05, 3.63) is 89.9 Å². The van der Waals surface area contributed by atoms with E-state index in [-0.39, 0.29) is 5.91 Å². The Kier molecular flexibility index (Phi) is 4.26. The second-order valence-electron chi connectivity index (χ2n) is 5.81. The molecule has 0 saturated heterocycles. The van der Waals surface area contributed by atoms with Gasteiger partial charge in [0, 0.05) is 29.0 Å². The zero-order valence-corrected chi connectivity index (χ0v) is 13.9. The van der Waals surface area contributed by atoms with Crippen molar-refractivity contribution in [3.8, 4) is 0 Å². The number of nitrogens with one attached hydrogen (secondary N) is 2. The van der Waals surface area contributed by atoms with Gasteiger partial charge < -0.3 is 5.32 Å². The molecule has 5 nitrogen and oxygen atoms in total. The first-order valence-corrected chi connectivity index (χ1v) is 8.22. The maximum Gasteiger partial charge on any atom is 0.255 e. The van der Waals surface area contributed by atoms with Crippen LogP contribution in [0.5, 0.6) is 0 Å². The first-order chi connectivity index (χ1) is 12.8. The number of hydrogen-bond acceptors (Lipinski definition) is 3. The number of carbonyl (C=O) groups is 1. The Labute approximate surface area is 150 Å². The number of nitrogens with zero attached hydrogens (tertiary/aromatic N) is 2. The van der Waals surface area contributed by atoms with Crippen molar-refractivity contribution in [1.82, 2.24) is 15.2 Å². The number of carbonyl (C=O) groups excluding carboxylic acids is 1. The molecule has 2 heterocycles. The summed E-state index contributed by atoms with van der Waals surface area (Å²) in [6.45, 7) is 0. The van der Waals surface area contributed by atoms with Crippen molar-refractivity contribution in [2.24, 2.45) is 0 Å². The molecule has 0 unspecified atom stereocenters. The van der Waals surface area contributed by atoms with E-state index in [9.17, 15) is 4.79 Å². The molecule has 126 valence electrons. The third-order valence-electron chi connectivity index (χ3n) is 4.00. The number of anilines is 1. The monoisotopic (exact) mass is 340 g/mol. The molecule has 0 aliphatic heterocycles. The fraction of sp³-hybridized carbons (Fsp3) is 0. The van der Waals surface area contributed by atoms with Gasteiger partial charge in [0.25, 0.3) is 5.91 Å². The van der Waals surface area contributed by atoms with Crippen molar-refractivity contribution >= 4 is 34.6 Å². The Morgan fingerprint density at radius 3 is 2.69 bits per heavy atom. The SMILES string of the molecule is O=C(Nc1ccc2[nH]nc(/C=C/c3cccnc3)c2c1)c1ccccc1. The van der Waals surface area contributed by atoms with Crippen molar-refractivity contribution in [2.45, 2.75) is 0 Å². The molecule has 1 amide bonds. The molecule has 2 aromatic heterocycles. The van der Waals surface area contributed by atoms with E-state index >= 15 is 0 Å². The topological polar surface area (TPSA) is 70.7 Å². The average Bonchev–Trinajstić information content (AvgIpc) is 3.10. The van der Waals surface area contributed by atoms with Crippen LogP contribution in [0.25, 0.3) is 23.1 Å². The van der Waals surface area contributed by atoms with Gasteiger partial charge in [0.2, 0.25) is 0 Å². The van der Waals surface area contributed by atoms with Gasteiger partial charge >= 0.3 is 0 Å². The Bertz CT molecular complexity index is 1070. The summed E-state index contributed by atoms with van der Waals surface area (Å²) >= 11 is 0. The molecule has 0 aliphatic rings. The lowest BCUT2D eigenvalue weighted by Gasteiger charge is -2.05. The highest BCUT2D eigenvalue weighted by Crippen LogP contribution is 2.22. The minimum atomic E-state index is -0.138. The van der Waals surface area contributed by atoms with Gasteiger partial charge in [0.15, 0.2) is 0 Å². The Balaban J connectivity index is 1.60. The highest BCUT2D eigenvalue weighted by molar-refractivity contribution is 6.05. The molecular weight excluding hydrogens is 324 g/mol. The fourth-order valence-electron chi connectivity index (χ4n) is 2.68. The van der Waals surface area contributed by atoms with Gasteiger partial charge in [-0.25, -0.2) is 0 Å². The smallest absolute Gasteiger partial charge is 0.255 e. The van der Waals surface area contributed by atoms with Crippen molar-refractivity contribution < 1.29 is 4.79 Å². The molecule has 4 rings (SSSR count). The molecular formula is C21H16N4O. The summed E-state index contributed by atoms with van der Waals surface area (Å²) in [6, 6.07) is 18.7. The van der Waals surface area contributed by atoms with Crippen LogP contribution in [0.1, 0.15) is 21.6 Å². The fourth-order valence-corrected chi connectivity index (χ4v) is 2.68. The maximum absolute atomic E-state index is 12.3. The lowest BCUT2D eigenvalue weighted by Crippen LogP contribution is -2.11. The van der Waals surface area contributed by atoms with E-state index in [4.69, 9.17) is 0 Å². The van der Waals surface area contributed by atoms with Gasteiger partial charge in [0.1, 0.15) is 0 Å². The van der Waals surface area contributed by atoms with Gasteiger partial charge in [0.05, 0.1) is 11.2 Å². The normalized spacial score (nSPS) is 11.1. The van der Waals surface area contributed by atoms with Crippen LogP contribution in [0.2, 0.25) is 0 Å². The number of aromatic nitrogens is 3. The number of benzene rings is 2. The summed E-state index contributed by atoms with van der Waals surface area (Å²) in [7, 11) is 0. The number of pyridine rings is 1. The number of H-pyrrole nitrogens is 1. The van der Waals surface area contributed by atoms with E-state index in [1.54, 1.807) is 24.5 Å². The van der Waals surface area contributed by atoms with Crippen molar-refractivity contribution in [1.29, 1.82) is 0 Å². The lowest BCUT2D eigenvalue weighted by atomic mass is 10.1. The first kappa shape index (κ1) is 15.8. The van der Waals surface area contributed by atoms with Gasteiger partial charge in [-0.05, 0) is 48.0 Å². The third kappa shape index (κ3) is 3.37. The molecule has 0 bridgehead atoms. The highest BCUT2D eigenvalue weighted by Gasteiger charge is 2.08. The molecule has 5 heteroatoms. The van der Waals surface area contributed by atoms with Gasteiger partial charge in [-0.3, -0.25) is 14.9 Å². The molecule has 2 N–H and O–H groups in total. The molecule has 0 aliphatic carbocycles. The Morgan fingerprint density at radius 2 is 1.88 bits per heavy atom. The summed E-state index contributed by atoms with van der Waals surface area (Å²) in [5, 5.41) is 11.2. The van der Waals surface area contributed by atoms with E-state index in [1.165, 1.54) is 0 Å². The Hall–Kier alpha value is -3.73. The van der Waals surface area contributed by atoms with Crippen LogP contribution in [0.15, 0.2) is 73.1 Å². The molecule has 0 radical (unpaired) electrons. The van der Waals surface area contributed by atoms with Crippen LogP contribution in [-0.2, 0) is 0 Å². The lowest BCUT2D eigenvalue weighted by molar-refractivity contribution is 0.102. The minimum Gasteiger partial charge on any atom is -0.322 e. The standard InChI is InChI=1S/C21H16N4O/c26-21(16-6-2-1-3-7-16)23-17-9-11-20-18(13-17)19(24-25-20)10-8-15-5-4-12-22-14-15/h1-14H,(H,23,26)(H,24,25)/b10-8+. The van der Waals surface area contributed by atoms with Gasteiger partial charge in [-0.15, -0.1) is 0 Å². The van der Waals surface area contributed by atoms with E-state index in [0.29, 0.717) is 5.56 Å². The molecule has 0 fully saturated rings. The summed E-state index contributed by atoms with van der Waals surface area (Å²) in [4.78, 5) is 16.4. The Morgan fingerprint density at radius 1 is 1.00 bits per heavy atom. The number of fused-ring (bicyclic) bond motifs is 1. The average molecular weight is 340 g/mol. The molecule has 0 saturated carbocycles. The number of hydrogen-bond donors (Lipinski definition) is 2. The third-order valence-corrected chi connectivity index (χ3v) is 4.00. The van der Waals surface area contributed by atoms with Crippen LogP contribution in [0, 0.1) is 0 Å². The van der Waals surface area contributed by atoms with Crippen LogP contribution in [-0.4, -0.2) is 21.1 Å². The van der Waals surface area contributed by atoms with Crippen LogP contribution in [0.4, 0.5) is 5.69 Å². The highest BCUT2D eigenvalue weighted by atomic mass is 16.1. The van der Waals surface area contributed by atoms with Crippen LogP contribution in [0.3, 0.4) is 0 Å². The molecule has 4 aromatic rings. The first-order valence-electron chi connectivity index (χ1n) is 8.22. The number of aromatic amines is 1. The number of rotatable bonds is 4. The molecule has 0 atom stereocenters. The van der Waals surface area contributed by atoms with Crippen LogP contribution >= 0.6 is 0 Å². The van der Waals surface area contributed by atoms with Crippen molar-refractivity contribution in [3.63, 3.8) is 0 Å². The predicted octanol–water partition coefficient (Wildman–Crippen LogP) is 4.38. The molecule has 2 aromatic carbocycles. The summed E-state index contributed by atoms with van der Waals surface area (Å²) in [6.07, 6.45) is 7.41. The van der Waals surface area contributed by atoms with E-state index in [2.05, 4.69) is 20.5 Å². The van der Waals surface area contributed by atoms with E-state index in [1.807, 2.05) is 60.7 Å². The second kappa shape index (κ2) is 7.03. The zero-order chi connectivity index (χ0) is 17.8. The summed E-state index contributed by atoms with van der Waals surface area (Å²) in [5.41, 5.74) is 4.06. The van der Waals surface area contributed by atoms with E-state index in [0.717, 1.165) is 27.8 Å². The maximum atomic E-state index is 12.3. The van der Waals surface area contributed by atoms with Gasteiger partial charge in [-0.2, -0.15) is 5.10 Å². The molecule has 0 spiro atoms. The number of amides is 1. The largest absolute Gasteiger partial charge is 0.322 e. The second-order valence-corrected chi connectivity index (χ2v) is 5.81. The quantitative estimate of drug-likeness (QED) is 0.579. The van der Waals surface area contributed by atoms with Gasteiger partial charge in [-0.1, -0.05) is 30.3 Å². The van der Waals surface area contributed by atoms with Crippen molar-refractivity contribution in [2.75, 3.05) is 5.32 Å². The summed E-state index contributed by atoms with van der Waals surface area (Å²) in [5.74, 6) is -0.138. The zero-order valence-electron chi connectivity index (χ0n) is 13.9. The minimum absolute atomic E-state index is 0.138. The molecule has 26 heavy (non-hydrogen) atoms. The van der Waals surface area contributed by atoms with Crippen LogP contribution < -0.4 is 5.32 Å². The van der Waals surface area contributed by atoms with E-state index < -0.39 is 0 Å². The predicted molar refractivity (Wildman–Crippen MR) is 104 cm³/mol.